The number of fused-ring (bicyclic) bond motifs is 1. The van der Waals surface area contributed by atoms with E-state index in [1.54, 1.807) is 12.4 Å². The minimum absolute atomic E-state index is 0.0451. The predicted octanol–water partition coefficient (Wildman–Crippen LogP) is 5.38. The number of nitrogens with zero attached hydrogens (tertiary/aromatic N) is 3. The number of ether oxygens (including phenoxy) is 1. The largest absolute Gasteiger partial charge is 0.489 e. The van der Waals surface area contributed by atoms with Crippen LogP contribution in [-0.4, -0.2) is 40.2 Å². The monoisotopic (exact) mass is 479 g/mol. The molecule has 0 amide bonds. The molecule has 1 aliphatic rings. The highest BCUT2D eigenvalue weighted by molar-refractivity contribution is 5.68. The predicted molar refractivity (Wildman–Crippen MR) is 135 cm³/mol. The third-order valence-electron chi connectivity index (χ3n) is 6.49. The van der Waals surface area contributed by atoms with E-state index in [0.29, 0.717) is 18.5 Å². The van der Waals surface area contributed by atoms with E-state index in [0.717, 1.165) is 49.5 Å². The van der Waals surface area contributed by atoms with Gasteiger partial charge < -0.3 is 15.2 Å². The van der Waals surface area contributed by atoms with Crippen molar-refractivity contribution in [2.45, 2.75) is 71.6 Å². The zero-order chi connectivity index (χ0) is 25.2. The Morgan fingerprint density at radius 2 is 2.23 bits per heavy atom. The lowest BCUT2D eigenvalue weighted by atomic mass is 9.88. The summed E-state index contributed by atoms with van der Waals surface area (Å²) >= 11 is 0. The highest BCUT2D eigenvalue weighted by Crippen LogP contribution is 2.30. The molecule has 0 saturated heterocycles. The van der Waals surface area contributed by atoms with E-state index in [-0.39, 0.29) is 18.4 Å². The van der Waals surface area contributed by atoms with E-state index in [9.17, 15) is 9.90 Å². The van der Waals surface area contributed by atoms with Gasteiger partial charge in [0.25, 0.3) is 0 Å². The Bertz CT molecular complexity index is 1040. The fourth-order valence-electron chi connectivity index (χ4n) is 4.45. The molecule has 0 fully saturated rings. The lowest BCUT2D eigenvalue weighted by Crippen LogP contribution is -2.32. The van der Waals surface area contributed by atoms with Gasteiger partial charge in [0.2, 0.25) is 0 Å². The summed E-state index contributed by atoms with van der Waals surface area (Å²) < 4.78 is 6.22. The summed E-state index contributed by atoms with van der Waals surface area (Å²) in [5.41, 5.74) is 12.5. The van der Waals surface area contributed by atoms with Crippen LogP contribution in [0.1, 0.15) is 67.7 Å². The number of rotatable bonds is 12. The van der Waals surface area contributed by atoms with Crippen molar-refractivity contribution in [1.82, 2.24) is 15.2 Å². The molecule has 0 bridgehead atoms. The minimum Gasteiger partial charge on any atom is -0.489 e. The van der Waals surface area contributed by atoms with Crippen LogP contribution in [0.2, 0.25) is 0 Å². The van der Waals surface area contributed by atoms with E-state index >= 15 is 0 Å². The summed E-state index contributed by atoms with van der Waals surface area (Å²) in [7, 11) is 0. The summed E-state index contributed by atoms with van der Waals surface area (Å²) in [6, 6.07) is 8.22. The van der Waals surface area contributed by atoms with Crippen LogP contribution in [0, 0.1) is 12.5 Å². The molecule has 1 aromatic carbocycles. The van der Waals surface area contributed by atoms with Crippen molar-refractivity contribution in [1.29, 1.82) is 5.53 Å². The SMILES string of the molecule is CCN/C=C(/CCC(CC(=O)O)c1ccc(C)c(CN2Cc3cnccc3O[C@H](CC)C2)c1)N=N. The third-order valence-corrected chi connectivity index (χ3v) is 6.49. The van der Waals surface area contributed by atoms with Gasteiger partial charge >= 0.3 is 5.97 Å². The molecule has 1 aromatic heterocycles. The molecule has 0 aliphatic carbocycles. The van der Waals surface area contributed by atoms with Crippen LogP contribution in [0.5, 0.6) is 5.75 Å². The van der Waals surface area contributed by atoms with Crippen molar-refractivity contribution in [3.05, 3.63) is 70.8 Å². The first-order valence-corrected chi connectivity index (χ1v) is 12.4. The van der Waals surface area contributed by atoms with Crippen molar-refractivity contribution in [3.8, 4) is 5.75 Å². The Morgan fingerprint density at radius 1 is 1.40 bits per heavy atom. The van der Waals surface area contributed by atoms with Gasteiger partial charge in [0.05, 0.1) is 12.1 Å². The summed E-state index contributed by atoms with van der Waals surface area (Å²) in [6.45, 7) is 9.29. The van der Waals surface area contributed by atoms with Gasteiger partial charge in [0.1, 0.15) is 11.9 Å². The standard InChI is InChI=1S/C27H37N5O3/c1-4-25-18-32(17-23-14-30-11-10-26(23)35-25)16-22-12-20(7-6-19(22)3)21(13-27(33)34)8-9-24(31-28)15-29-5-2/h6-7,10-12,14-15,21,25,28-29H,4-5,8-9,13,16-18H2,1-3H3,(H,33,34)/b24-15-,31-28?/t21?,25-/m1/s1. The molecule has 3 N–H and O–H groups in total. The molecule has 35 heavy (non-hydrogen) atoms. The van der Waals surface area contributed by atoms with Gasteiger partial charge in [-0.05, 0) is 61.8 Å². The maximum absolute atomic E-state index is 11.6. The van der Waals surface area contributed by atoms with Gasteiger partial charge in [-0.1, -0.05) is 25.1 Å². The number of carboxylic acid groups (broad SMARTS) is 1. The van der Waals surface area contributed by atoms with Gasteiger partial charge in [-0.3, -0.25) is 14.7 Å². The van der Waals surface area contributed by atoms with Crippen molar-refractivity contribution < 1.29 is 14.6 Å². The smallest absolute Gasteiger partial charge is 0.303 e. The van der Waals surface area contributed by atoms with E-state index in [1.165, 1.54) is 11.1 Å². The Labute approximate surface area is 207 Å². The number of aromatic nitrogens is 1. The maximum Gasteiger partial charge on any atom is 0.303 e. The van der Waals surface area contributed by atoms with Gasteiger partial charge in [-0.25, -0.2) is 5.53 Å². The van der Waals surface area contributed by atoms with Gasteiger partial charge in [0, 0.05) is 50.3 Å². The highest BCUT2D eigenvalue weighted by Gasteiger charge is 2.23. The quantitative estimate of drug-likeness (QED) is 0.352. The molecular weight excluding hydrogens is 442 g/mol. The molecule has 188 valence electrons. The number of aliphatic carboxylic acids is 1. The van der Waals surface area contributed by atoms with Crippen LogP contribution < -0.4 is 10.1 Å². The average molecular weight is 480 g/mol. The summed E-state index contributed by atoms with van der Waals surface area (Å²) in [6.07, 6.45) is 7.62. The van der Waals surface area contributed by atoms with Crippen molar-refractivity contribution in [3.63, 3.8) is 0 Å². The molecular formula is C27H37N5O3. The number of pyridine rings is 1. The van der Waals surface area contributed by atoms with Gasteiger partial charge in [0.15, 0.2) is 0 Å². The second-order valence-corrected chi connectivity index (χ2v) is 9.13. The van der Waals surface area contributed by atoms with Crippen molar-refractivity contribution in [2.24, 2.45) is 5.11 Å². The van der Waals surface area contributed by atoms with Crippen molar-refractivity contribution in [2.75, 3.05) is 13.1 Å². The lowest BCUT2D eigenvalue weighted by Gasteiger charge is -2.25. The number of allylic oxidation sites excluding steroid dienone is 1. The molecule has 2 heterocycles. The maximum atomic E-state index is 11.6. The fraction of sp³-hybridized carbons (Fsp3) is 0.481. The number of carboxylic acids is 1. The fourth-order valence-corrected chi connectivity index (χ4v) is 4.45. The second-order valence-electron chi connectivity index (χ2n) is 9.13. The number of aryl methyl sites for hydroxylation is 1. The number of hydrogen-bond acceptors (Lipinski definition) is 7. The van der Waals surface area contributed by atoms with E-state index in [1.807, 2.05) is 25.3 Å². The molecule has 2 atom stereocenters. The van der Waals surface area contributed by atoms with Gasteiger partial charge in [-0.2, -0.15) is 5.11 Å². The topological polar surface area (TPSA) is 111 Å². The molecule has 0 radical (unpaired) electrons. The van der Waals surface area contributed by atoms with Crippen molar-refractivity contribution >= 4 is 5.97 Å². The molecule has 2 aromatic rings. The summed E-state index contributed by atoms with van der Waals surface area (Å²) in [5, 5.41) is 16.2. The first-order chi connectivity index (χ1) is 16.9. The summed E-state index contributed by atoms with van der Waals surface area (Å²) in [4.78, 5) is 18.3. The minimum atomic E-state index is -0.822. The average Bonchev–Trinajstić information content (AvgIpc) is 3.03. The molecule has 0 saturated carbocycles. The van der Waals surface area contributed by atoms with Crippen LogP contribution in [-0.2, 0) is 17.9 Å². The zero-order valence-corrected chi connectivity index (χ0v) is 21.0. The first-order valence-electron chi connectivity index (χ1n) is 12.4. The van der Waals surface area contributed by atoms with Crippen LogP contribution in [0.15, 0.2) is 53.7 Å². The van der Waals surface area contributed by atoms with E-state index < -0.39 is 5.97 Å². The molecule has 8 nitrogen and oxygen atoms in total. The van der Waals surface area contributed by atoms with Crippen LogP contribution in [0.4, 0.5) is 0 Å². The normalized spacial score (nSPS) is 17.1. The number of hydrogen-bond donors (Lipinski definition) is 3. The van der Waals surface area contributed by atoms with E-state index in [2.05, 4.69) is 46.3 Å². The Balaban J connectivity index is 1.81. The first kappa shape index (κ1) is 26.3. The van der Waals surface area contributed by atoms with Gasteiger partial charge in [-0.15, -0.1) is 0 Å². The molecule has 1 aliphatic heterocycles. The number of nitrogens with one attached hydrogen (secondary N) is 2. The van der Waals surface area contributed by atoms with Crippen LogP contribution in [0.3, 0.4) is 0 Å². The second kappa shape index (κ2) is 13.0. The zero-order valence-electron chi connectivity index (χ0n) is 21.0. The Hall–Kier alpha value is -3.26. The molecule has 3 rings (SSSR count). The Kier molecular flexibility index (Phi) is 9.78. The van der Waals surface area contributed by atoms with Crippen LogP contribution in [0.25, 0.3) is 0 Å². The highest BCUT2D eigenvalue weighted by atomic mass is 16.5. The number of benzene rings is 1. The summed E-state index contributed by atoms with van der Waals surface area (Å²) in [5.74, 6) is -0.0707. The number of carbonyl (C=O) groups is 1. The van der Waals surface area contributed by atoms with E-state index in [4.69, 9.17) is 10.3 Å². The molecule has 8 heteroatoms. The molecule has 1 unspecified atom stereocenters. The lowest BCUT2D eigenvalue weighted by molar-refractivity contribution is -0.137. The van der Waals surface area contributed by atoms with Crippen LogP contribution >= 0.6 is 0 Å². The molecule has 0 spiro atoms. The Morgan fingerprint density at radius 3 is 2.94 bits per heavy atom. The third kappa shape index (κ3) is 7.62.